The lowest BCUT2D eigenvalue weighted by molar-refractivity contribution is -0.114. The van der Waals surface area contributed by atoms with Crippen LogP contribution >= 0.6 is 11.6 Å². The number of anilines is 1. The first-order chi connectivity index (χ1) is 11.0. The predicted octanol–water partition coefficient (Wildman–Crippen LogP) is 4.86. The van der Waals surface area contributed by atoms with E-state index in [-0.39, 0.29) is 17.8 Å². The fourth-order valence-corrected chi connectivity index (χ4v) is 3.00. The topological polar surface area (TPSA) is 20.3 Å². The second kappa shape index (κ2) is 6.55. The van der Waals surface area contributed by atoms with Crippen molar-refractivity contribution in [3.63, 3.8) is 0 Å². The number of aryl methyl sites for hydroxylation is 1. The Kier molecular flexibility index (Phi) is 4.49. The predicted molar refractivity (Wildman–Crippen MR) is 92.2 cm³/mol. The molecule has 0 bridgehead atoms. The van der Waals surface area contributed by atoms with Crippen LogP contribution in [0.5, 0.6) is 0 Å². The number of halogens is 2. The highest BCUT2D eigenvalue weighted by atomic mass is 35.5. The van der Waals surface area contributed by atoms with Gasteiger partial charge in [0.05, 0.1) is 0 Å². The van der Waals surface area contributed by atoms with E-state index in [0.29, 0.717) is 5.02 Å². The van der Waals surface area contributed by atoms with Crippen molar-refractivity contribution < 1.29 is 9.18 Å². The highest BCUT2D eigenvalue weighted by molar-refractivity contribution is 6.30. The summed E-state index contributed by atoms with van der Waals surface area (Å²) in [7, 11) is 0. The maximum absolute atomic E-state index is 13.4. The zero-order valence-electron chi connectivity index (χ0n) is 12.8. The Morgan fingerprint density at radius 3 is 2.74 bits per heavy atom. The van der Waals surface area contributed by atoms with Crippen molar-refractivity contribution in [2.75, 3.05) is 4.90 Å². The molecule has 1 amide bonds. The van der Waals surface area contributed by atoms with E-state index in [0.717, 1.165) is 29.7 Å². The van der Waals surface area contributed by atoms with Crippen molar-refractivity contribution in [3.8, 4) is 0 Å². The molecule has 1 heterocycles. The third-order valence-electron chi connectivity index (χ3n) is 4.10. The number of hydrogen-bond donors (Lipinski definition) is 0. The molecule has 118 valence electrons. The maximum atomic E-state index is 13.4. The standard InChI is InChI=1S/C19H17ClFNO/c1-13-2-6-15-12-17(21)9-10-18(15)22(13)19(23)11-5-14-3-7-16(20)8-4-14/h3-5,7-13H,2,6H2,1H3. The van der Waals surface area contributed by atoms with E-state index in [9.17, 15) is 9.18 Å². The van der Waals surface area contributed by atoms with Gasteiger partial charge in [0.1, 0.15) is 5.82 Å². The Labute approximate surface area is 140 Å². The monoisotopic (exact) mass is 329 g/mol. The minimum atomic E-state index is -0.262. The minimum absolute atomic E-state index is 0.0929. The SMILES string of the molecule is CC1CCc2cc(F)ccc2N1C(=O)C=Cc1ccc(Cl)cc1. The second-order valence-corrected chi connectivity index (χ2v) is 6.19. The molecule has 0 aliphatic carbocycles. The molecule has 0 fully saturated rings. The zero-order chi connectivity index (χ0) is 16.4. The number of amides is 1. The van der Waals surface area contributed by atoms with E-state index < -0.39 is 0 Å². The molecule has 1 aliphatic rings. The first-order valence-electron chi connectivity index (χ1n) is 7.60. The summed E-state index contributed by atoms with van der Waals surface area (Å²) in [4.78, 5) is 14.4. The molecular formula is C19H17ClFNO. The third kappa shape index (κ3) is 3.45. The van der Waals surface area contributed by atoms with Gasteiger partial charge in [0.15, 0.2) is 0 Å². The summed E-state index contributed by atoms with van der Waals surface area (Å²) in [6.45, 7) is 2.01. The van der Waals surface area contributed by atoms with Crippen LogP contribution in [0.3, 0.4) is 0 Å². The summed E-state index contributed by atoms with van der Waals surface area (Å²) in [5.41, 5.74) is 2.60. The molecule has 1 atom stereocenters. The average molecular weight is 330 g/mol. The van der Waals surface area contributed by atoms with Crippen molar-refractivity contribution >= 4 is 29.3 Å². The molecule has 23 heavy (non-hydrogen) atoms. The largest absolute Gasteiger partial charge is 0.306 e. The lowest BCUT2D eigenvalue weighted by atomic mass is 9.96. The van der Waals surface area contributed by atoms with Crippen molar-refractivity contribution in [2.45, 2.75) is 25.8 Å². The van der Waals surface area contributed by atoms with Crippen molar-refractivity contribution in [1.82, 2.24) is 0 Å². The summed E-state index contributed by atoms with van der Waals surface area (Å²) >= 11 is 5.85. The van der Waals surface area contributed by atoms with Crippen LogP contribution in [-0.4, -0.2) is 11.9 Å². The highest BCUT2D eigenvalue weighted by Crippen LogP contribution is 2.31. The van der Waals surface area contributed by atoms with Gasteiger partial charge < -0.3 is 4.90 Å². The Bertz CT molecular complexity index is 754. The molecule has 0 radical (unpaired) electrons. The van der Waals surface area contributed by atoms with Crippen molar-refractivity contribution in [1.29, 1.82) is 0 Å². The van der Waals surface area contributed by atoms with Crippen molar-refractivity contribution in [2.24, 2.45) is 0 Å². The maximum Gasteiger partial charge on any atom is 0.251 e. The summed E-state index contributed by atoms with van der Waals surface area (Å²) in [5.74, 6) is -0.359. The average Bonchev–Trinajstić information content (AvgIpc) is 2.54. The number of fused-ring (bicyclic) bond motifs is 1. The Morgan fingerprint density at radius 1 is 1.26 bits per heavy atom. The van der Waals surface area contributed by atoms with Gasteiger partial charge in [-0.15, -0.1) is 0 Å². The van der Waals surface area contributed by atoms with Crippen LogP contribution in [0.2, 0.25) is 5.02 Å². The number of benzene rings is 2. The molecule has 2 nitrogen and oxygen atoms in total. The molecule has 0 spiro atoms. The number of carbonyl (C=O) groups is 1. The van der Waals surface area contributed by atoms with Crippen LogP contribution in [0.1, 0.15) is 24.5 Å². The number of carbonyl (C=O) groups excluding carboxylic acids is 1. The summed E-state index contributed by atoms with van der Waals surface area (Å²) in [5, 5.41) is 0.661. The molecule has 3 rings (SSSR count). The number of rotatable bonds is 2. The summed E-state index contributed by atoms with van der Waals surface area (Å²) in [6, 6.07) is 12.0. The zero-order valence-corrected chi connectivity index (χ0v) is 13.6. The van der Waals surface area contributed by atoms with Gasteiger partial charge in [0.25, 0.3) is 5.91 Å². The molecule has 2 aromatic rings. The Balaban J connectivity index is 1.85. The third-order valence-corrected chi connectivity index (χ3v) is 4.35. The smallest absolute Gasteiger partial charge is 0.251 e. The van der Waals surface area contributed by atoms with Crippen LogP contribution in [-0.2, 0) is 11.2 Å². The van der Waals surface area contributed by atoms with Gasteiger partial charge >= 0.3 is 0 Å². The number of hydrogen-bond acceptors (Lipinski definition) is 1. The van der Waals surface area contributed by atoms with E-state index in [1.807, 2.05) is 19.1 Å². The molecule has 0 N–H and O–H groups in total. The molecule has 0 aromatic heterocycles. The van der Waals surface area contributed by atoms with Gasteiger partial charge in [-0.3, -0.25) is 4.79 Å². The van der Waals surface area contributed by atoms with Gasteiger partial charge in [0, 0.05) is 22.8 Å². The van der Waals surface area contributed by atoms with Gasteiger partial charge in [-0.2, -0.15) is 0 Å². The van der Waals surface area contributed by atoms with Gasteiger partial charge in [-0.05, 0) is 67.3 Å². The van der Waals surface area contributed by atoms with Crippen LogP contribution in [0.25, 0.3) is 6.08 Å². The van der Waals surface area contributed by atoms with E-state index >= 15 is 0 Å². The normalized spacial score (nSPS) is 17.3. The van der Waals surface area contributed by atoms with Crippen LogP contribution in [0.4, 0.5) is 10.1 Å². The molecule has 0 saturated carbocycles. The fourth-order valence-electron chi connectivity index (χ4n) is 2.88. The summed E-state index contributed by atoms with van der Waals surface area (Å²) < 4.78 is 13.4. The highest BCUT2D eigenvalue weighted by Gasteiger charge is 2.27. The second-order valence-electron chi connectivity index (χ2n) is 5.75. The van der Waals surface area contributed by atoms with Crippen molar-refractivity contribution in [3.05, 3.63) is 70.5 Å². The number of nitrogens with zero attached hydrogens (tertiary/aromatic N) is 1. The molecule has 1 unspecified atom stereocenters. The Morgan fingerprint density at radius 2 is 2.00 bits per heavy atom. The van der Waals surface area contributed by atoms with E-state index in [2.05, 4.69) is 0 Å². The van der Waals surface area contributed by atoms with E-state index in [1.165, 1.54) is 12.1 Å². The molecule has 2 aromatic carbocycles. The molecule has 4 heteroatoms. The van der Waals surface area contributed by atoms with Crippen LogP contribution < -0.4 is 4.90 Å². The molecular weight excluding hydrogens is 313 g/mol. The summed E-state index contributed by atoms with van der Waals surface area (Å²) in [6.07, 6.45) is 4.94. The van der Waals surface area contributed by atoms with E-state index in [1.54, 1.807) is 35.3 Å². The molecule has 1 aliphatic heterocycles. The first kappa shape index (κ1) is 15.8. The fraction of sp³-hybridized carbons (Fsp3) is 0.211. The minimum Gasteiger partial charge on any atom is -0.306 e. The van der Waals surface area contributed by atoms with Crippen LogP contribution in [0, 0.1) is 5.82 Å². The molecule has 0 saturated heterocycles. The Hall–Kier alpha value is -2.13. The van der Waals surface area contributed by atoms with Gasteiger partial charge in [0.2, 0.25) is 0 Å². The lowest BCUT2D eigenvalue weighted by Gasteiger charge is -2.34. The quantitative estimate of drug-likeness (QED) is 0.720. The lowest BCUT2D eigenvalue weighted by Crippen LogP contribution is -2.41. The first-order valence-corrected chi connectivity index (χ1v) is 7.97. The van der Waals surface area contributed by atoms with Gasteiger partial charge in [-0.1, -0.05) is 23.7 Å². The van der Waals surface area contributed by atoms with Crippen LogP contribution in [0.15, 0.2) is 48.5 Å². The van der Waals surface area contributed by atoms with Gasteiger partial charge in [-0.25, -0.2) is 4.39 Å². The van der Waals surface area contributed by atoms with E-state index in [4.69, 9.17) is 11.6 Å².